The minimum Gasteiger partial charge on any atom is -0.331 e. The summed E-state index contributed by atoms with van der Waals surface area (Å²) in [6.07, 6.45) is 1.14. The quantitative estimate of drug-likeness (QED) is 0.818. The van der Waals surface area contributed by atoms with Crippen molar-refractivity contribution >= 4 is 23.3 Å². The Bertz CT molecular complexity index is 602. The first kappa shape index (κ1) is 14.2. The van der Waals surface area contributed by atoms with Gasteiger partial charge < -0.3 is 14.5 Å². The summed E-state index contributed by atoms with van der Waals surface area (Å²) in [6.45, 7) is 8.16. The zero-order valence-electron chi connectivity index (χ0n) is 11.4. The standard InChI is InChI=1S/C14H20FN3S/c1-3-7-17(4-2)8-9-18-13-10-11(15)5-6-12(13)16-14(18)19/h5-6,10H,3-4,7-9H2,1-2H3,(H,16,19). The largest absolute Gasteiger partial charge is 0.331 e. The molecule has 19 heavy (non-hydrogen) atoms. The summed E-state index contributed by atoms with van der Waals surface area (Å²) in [5.74, 6) is -0.226. The van der Waals surface area contributed by atoms with Gasteiger partial charge in [-0.1, -0.05) is 13.8 Å². The second kappa shape index (κ2) is 6.30. The Morgan fingerprint density at radius 2 is 2.11 bits per heavy atom. The third kappa shape index (κ3) is 3.22. The maximum absolute atomic E-state index is 13.3. The lowest BCUT2D eigenvalue weighted by Crippen LogP contribution is -2.28. The SMILES string of the molecule is CCCN(CC)CCn1c(=S)[nH]c2ccc(F)cc21. The average molecular weight is 281 g/mol. The van der Waals surface area contributed by atoms with E-state index >= 15 is 0 Å². The molecule has 0 saturated carbocycles. The van der Waals surface area contributed by atoms with E-state index in [2.05, 4.69) is 23.7 Å². The van der Waals surface area contributed by atoms with E-state index in [1.54, 1.807) is 6.07 Å². The van der Waals surface area contributed by atoms with Crippen LogP contribution in [0.15, 0.2) is 18.2 Å². The first-order valence-electron chi connectivity index (χ1n) is 6.76. The first-order valence-corrected chi connectivity index (χ1v) is 7.17. The van der Waals surface area contributed by atoms with Crippen LogP contribution in [0.2, 0.25) is 0 Å². The molecule has 0 amide bonds. The minimum absolute atomic E-state index is 0.226. The number of hydrogen-bond donors (Lipinski definition) is 1. The molecule has 1 aromatic carbocycles. The van der Waals surface area contributed by atoms with Gasteiger partial charge in [0.2, 0.25) is 0 Å². The highest BCUT2D eigenvalue weighted by atomic mass is 32.1. The fourth-order valence-corrected chi connectivity index (χ4v) is 2.63. The summed E-state index contributed by atoms with van der Waals surface area (Å²) >= 11 is 5.32. The van der Waals surface area contributed by atoms with Gasteiger partial charge >= 0.3 is 0 Å². The zero-order chi connectivity index (χ0) is 13.8. The van der Waals surface area contributed by atoms with Crippen molar-refractivity contribution in [3.05, 3.63) is 28.8 Å². The third-order valence-corrected chi connectivity index (χ3v) is 3.69. The molecule has 0 radical (unpaired) electrons. The monoisotopic (exact) mass is 281 g/mol. The Morgan fingerprint density at radius 3 is 2.79 bits per heavy atom. The third-order valence-electron chi connectivity index (χ3n) is 3.36. The number of fused-ring (bicyclic) bond motifs is 1. The van der Waals surface area contributed by atoms with Crippen LogP contribution in [-0.4, -0.2) is 34.1 Å². The molecule has 0 aliphatic rings. The number of imidazole rings is 1. The molecule has 0 saturated heterocycles. The number of aromatic amines is 1. The van der Waals surface area contributed by atoms with Crippen LogP contribution in [0.25, 0.3) is 11.0 Å². The van der Waals surface area contributed by atoms with Crippen molar-refractivity contribution in [3.8, 4) is 0 Å². The van der Waals surface area contributed by atoms with E-state index in [1.807, 2.05) is 4.57 Å². The van der Waals surface area contributed by atoms with Crippen LogP contribution < -0.4 is 0 Å². The summed E-state index contributed by atoms with van der Waals surface area (Å²) in [5, 5.41) is 0. The molecule has 0 aliphatic heterocycles. The molecule has 0 atom stereocenters. The maximum atomic E-state index is 13.3. The molecule has 3 nitrogen and oxygen atoms in total. The van der Waals surface area contributed by atoms with Gasteiger partial charge in [0.05, 0.1) is 11.0 Å². The van der Waals surface area contributed by atoms with E-state index in [9.17, 15) is 4.39 Å². The molecule has 1 heterocycles. The van der Waals surface area contributed by atoms with Crippen molar-refractivity contribution in [2.24, 2.45) is 0 Å². The average Bonchev–Trinajstić information content (AvgIpc) is 2.70. The molecule has 2 aromatic rings. The van der Waals surface area contributed by atoms with Gasteiger partial charge in [0.15, 0.2) is 4.77 Å². The summed E-state index contributed by atoms with van der Waals surface area (Å²) in [7, 11) is 0. The van der Waals surface area contributed by atoms with Gasteiger partial charge in [0, 0.05) is 13.1 Å². The normalized spacial score (nSPS) is 11.6. The molecule has 1 aromatic heterocycles. The molecular weight excluding hydrogens is 261 g/mol. The van der Waals surface area contributed by atoms with Crippen LogP contribution in [0.5, 0.6) is 0 Å². The highest BCUT2D eigenvalue weighted by Crippen LogP contribution is 2.15. The smallest absolute Gasteiger partial charge is 0.178 e. The number of benzene rings is 1. The van der Waals surface area contributed by atoms with Gasteiger partial charge in [-0.3, -0.25) is 0 Å². The molecule has 2 rings (SSSR count). The number of likely N-dealkylation sites (N-methyl/N-ethyl adjacent to an activating group) is 1. The van der Waals surface area contributed by atoms with E-state index in [1.165, 1.54) is 12.1 Å². The molecule has 1 N–H and O–H groups in total. The Hall–Kier alpha value is -1.20. The lowest BCUT2D eigenvalue weighted by atomic mass is 10.3. The fourth-order valence-electron chi connectivity index (χ4n) is 2.33. The van der Waals surface area contributed by atoms with Crippen LogP contribution in [0.3, 0.4) is 0 Å². The number of rotatable bonds is 6. The lowest BCUT2D eigenvalue weighted by Gasteiger charge is -2.19. The fraction of sp³-hybridized carbons (Fsp3) is 0.500. The Kier molecular flexibility index (Phi) is 4.71. The predicted octanol–water partition coefficient (Wildman–Crippen LogP) is 3.57. The zero-order valence-corrected chi connectivity index (χ0v) is 12.3. The van der Waals surface area contributed by atoms with Crippen molar-refractivity contribution in [2.75, 3.05) is 19.6 Å². The summed E-state index contributed by atoms with van der Waals surface area (Å²) in [5.41, 5.74) is 1.74. The Morgan fingerprint density at radius 1 is 1.32 bits per heavy atom. The van der Waals surface area contributed by atoms with Gasteiger partial charge in [-0.05, 0) is 49.9 Å². The Labute approximate surface area is 118 Å². The number of aromatic nitrogens is 2. The highest BCUT2D eigenvalue weighted by Gasteiger charge is 2.07. The maximum Gasteiger partial charge on any atom is 0.178 e. The molecule has 0 aliphatic carbocycles. The molecule has 104 valence electrons. The lowest BCUT2D eigenvalue weighted by molar-refractivity contribution is 0.277. The number of hydrogen-bond acceptors (Lipinski definition) is 2. The summed E-state index contributed by atoms with van der Waals surface area (Å²) in [4.78, 5) is 5.50. The summed E-state index contributed by atoms with van der Waals surface area (Å²) in [6, 6.07) is 4.73. The van der Waals surface area contributed by atoms with Crippen LogP contribution in [0.1, 0.15) is 20.3 Å². The molecule has 0 fully saturated rings. The second-order valence-corrected chi connectivity index (χ2v) is 5.06. The molecule has 0 bridgehead atoms. The number of nitrogens with one attached hydrogen (secondary N) is 1. The van der Waals surface area contributed by atoms with Crippen molar-refractivity contribution in [2.45, 2.75) is 26.8 Å². The van der Waals surface area contributed by atoms with Crippen LogP contribution in [-0.2, 0) is 6.54 Å². The molecule has 5 heteroatoms. The molecular formula is C14H20FN3S. The number of nitrogens with zero attached hydrogens (tertiary/aromatic N) is 2. The van der Waals surface area contributed by atoms with Gasteiger partial charge in [0.1, 0.15) is 5.82 Å². The van der Waals surface area contributed by atoms with Gasteiger partial charge in [-0.15, -0.1) is 0 Å². The highest BCUT2D eigenvalue weighted by molar-refractivity contribution is 7.71. The first-order chi connectivity index (χ1) is 9.15. The second-order valence-electron chi connectivity index (χ2n) is 4.68. The number of halogens is 1. The van der Waals surface area contributed by atoms with E-state index in [0.717, 1.165) is 43.6 Å². The predicted molar refractivity (Wildman–Crippen MR) is 79.5 cm³/mol. The van der Waals surface area contributed by atoms with Crippen molar-refractivity contribution in [3.63, 3.8) is 0 Å². The molecule has 0 unspecified atom stereocenters. The van der Waals surface area contributed by atoms with Crippen LogP contribution in [0.4, 0.5) is 4.39 Å². The van der Waals surface area contributed by atoms with E-state index < -0.39 is 0 Å². The van der Waals surface area contributed by atoms with E-state index in [-0.39, 0.29) is 5.82 Å². The van der Waals surface area contributed by atoms with Crippen molar-refractivity contribution < 1.29 is 4.39 Å². The minimum atomic E-state index is -0.226. The topological polar surface area (TPSA) is 24.0 Å². The van der Waals surface area contributed by atoms with Crippen LogP contribution >= 0.6 is 12.2 Å². The number of H-pyrrole nitrogens is 1. The molecule has 0 spiro atoms. The van der Waals surface area contributed by atoms with Crippen molar-refractivity contribution in [1.82, 2.24) is 14.5 Å². The van der Waals surface area contributed by atoms with Gasteiger partial charge in [-0.2, -0.15) is 0 Å². The Balaban J connectivity index is 2.22. The van der Waals surface area contributed by atoms with Crippen LogP contribution in [0, 0.1) is 10.6 Å². The van der Waals surface area contributed by atoms with Gasteiger partial charge in [0.25, 0.3) is 0 Å². The summed E-state index contributed by atoms with van der Waals surface area (Å²) < 4.78 is 16.0. The van der Waals surface area contributed by atoms with E-state index in [4.69, 9.17) is 12.2 Å². The van der Waals surface area contributed by atoms with Gasteiger partial charge in [-0.25, -0.2) is 4.39 Å². The van der Waals surface area contributed by atoms with Crippen molar-refractivity contribution in [1.29, 1.82) is 0 Å². The van der Waals surface area contributed by atoms with E-state index in [0.29, 0.717) is 4.77 Å².